The first-order valence-electron chi connectivity index (χ1n) is 8.47. The molecule has 4 nitrogen and oxygen atoms in total. The first kappa shape index (κ1) is 17.0. The van der Waals surface area contributed by atoms with E-state index in [2.05, 4.69) is 28.5 Å². The van der Waals surface area contributed by atoms with E-state index < -0.39 is 0 Å². The lowest BCUT2D eigenvalue weighted by Crippen LogP contribution is -2.39. The number of nitrogens with zero attached hydrogens (tertiary/aromatic N) is 1. The first-order chi connectivity index (χ1) is 10.7. The van der Waals surface area contributed by atoms with Crippen LogP contribution < -0.4 is 10.6 Å². The van der Waals surface area contributed by atoms with E-state index in [0.29, 0.717) is 6.54 Å². The second-order valence-electron chi connectivity index (χ2n) is 6.17. The minimum Gasteiger partial charge on any atom is -0.325 e. The number of aryl methyl sites for hydroxylation is 1. The third-order valence-corrected chi connectivity index (χ3v) is 4.55. The molecule has 1 saturated heterocycles. The molecule has 0 bridgehead atoms. The molecule has 2 N–H and O–H groups in total. The molecule has 0 spiro atoms. The molecule has 4 heteroatoms. The molecule has 122 valence electrons. The molecule has 1 aromatic rings. The van der Waals surface area contributed by atoms with E-state index in [0.717, 1.165) is 37.7 Å². The number of para-hydroxylation sites is 1. The highest BCUT2D eigenvalue weighted by Crippen LogP contribution is 2.20. The lowest BCUT2D eigenvalue weighted by molar-refractivity contribution is -0.117. The standard InChI is InChI=1S/C18H29N3O/c1-3-16-6-4-5-7-17(16)20-18(22)14-21-12-9-15(10-13-21)8-11-19-2/h4-7,15,19H,3,8-14H2,1-2H3,(H,20,22). The van der Waals surface area contributed by atoms with Gasteiger partial charge in [0.15, 0.2) is 0 Å². The zero-order chi connectivity index (χ0) is 15.8. The average Bonchev–Trinajstić information content (AvgIpc) is 2.54. The highest BCUT2D eigenvalue weighted by atomic mass is 16.2. The normalized spacial score (nSPS) is 16.6. The Labute approximate surface area is 134 Å². The summed E-state index contributed by atoms with van der Waals surface area (Å²) in [6, 6.07) is 8.05. The Morgan fingerprint density at radius 2 is 2.00 bits per heavy atom. The molecule has 1 aromatic carbocycles. The zero-order valence-electron chi connectivity index (χ0n) is 13.9. The Bertz CT molecular complexity index is 467. The summed E-state index contributed by atoms with van der Waals surface area (Å²) in [5.41, 5.74) is 2.15. The minimum atomic E-state index is 0.106. The average molecular weight is 303 g/mol. The van der Waals surface area contributed by atoms with Crippen LogP contribution in [0.1, 0.15) is 31.7 Å². The van der Waals surface area contributed by atoms with E-state index in [1.165, 1.54) is 24.8 Å². The number of hydrogen-bond acceptors (Lipinski definition) is 3. The lowest BCUT2D eigenvalue weighted by atomic mass is 9.93. The fraction of sp³-hybridized carbons (Fsp3) is 0.611. The highest BCUT2D eigenvalue weighted by molar-refractivity contribution is 5.93. The van der Waals surface area contributed by atoms with Gasteiger partial charge in [-0.25, -0.2) is 0 Å². The maximum Gasteiger partial charge on any atom is 0.238 e. The van der Waals surface area contributed by atoms with Crippen molar-refractivity contribution in [2.75, 3.05) is 38.5 Å². The van der Waals surface area contributed by atoms with Crippen LogP contribution in [0.2, 0.25) is 0 Å². The van der Waals surface area contributed by atoms with E-state index >= 15 is 0 Å². The van der Waals surface area contributed by atoms with Gasteiger partial charge in [-0.3, -0.25) is 9.69 Å². The van der Waals surface area contributed by atoms with Crippen molar-refractivity contribution in [3.05, 3.63) is 29.8 Å². The summed E-state index contributed by atoms with van der Waals surface area (Å²) in [4.78, 5) is 14.5. The number of benzene rings is 1. The van der Waals surface area contributed by atoms with Crippen LogP contribution in [-0.2, 0) is 11.2 Å². The molecule has 0 unspecified atom stereocenters. The van der Waals surface area contributed by atoms with Crippen LogP contribution in [0.3, 0.4) is 0 Å². The van der Waals surface area contributed by atoms with Gasteiger partial charge >= 0.3 is 0 Å². The molecule has 1 heterocycles. The monoisotopic (exact) mass is 303 g/mol. The fourth-order valence-electron chi connectivity index (χ4n) is 3.13. The molecule has 0 saturated carbocycles. The summed E-state index contributed by atoms with van der Waals surface area (Å²) in [7, 11) is 2.01. The van der Waals surface area contributed by atoms with Gasteiger partial charge in [0.1, 0.15) is 0 Å². The molecule has 22 heavy (non-hydrogen) atoms. The number of hydrogen-bond donors (Lipinski definition) is 2. The van der Waals surface area contributed by atoms with E-state index in [4.69, 9.17) is 0 Å². The second kappa shape index (κ2) is 8.91. The van der Waals surface area contributed by atoms with Crippen LogP contribution >= 0.6 is 0 Å². The number of anilines is 1. The Hall–Kier alpha value is -1.39. The maximum absolute atomic E-state index is 12.2. The predicted molar refractivity (Wildman–Crippen MR) is 92.2 cm³/mol. The van der Waals surface area contributed by atoms with Gasteiger partial charge in [-0.15, -0.1) is 0 Å². The molecule has 0 radical (unpaired) electrons. The summed E-state index contributed by atoms with van der Waals surface area (Å²) in [5, 5.41) is 6.28. The van der Waals surface area contributed by atoms with Crippen molar-refractivity contribution in [3.63, 3.8) is 0 Å². The first-order valence-corrected chi connectivity index (χ1v) is 8.47. The Kier molecular flexibility index (Phi) is 6.87. The second-order valence-corrected chi connectivity index (χ2v) is 6.17. The van der Waals surface area contributed by atoms with Gasteiger partial charge in [-0.05, 0) is 69.9 Å². The summed E-state index contributed by atoms with van der Waals surface area (Å²) < 4.78 is 0. The van der Waals surface area contributed by atoms with Crippen molar-refractivity contribution in [2.24, 2.45) is 5.92 Å². The van der Waals surface area contributed by atoms with Crippen LogP contribution in [0.5, 0.6) is 0 Å². The van der Waals surface area contributed by atoms with Gasteiger partial charge in [0.05, 0.1) is 6.54 Å². The Morgan fingerprint density at radius 3 is 2.68 bits per heavy atom. The van der Waals surface area contributed by atoms with Crippen LogP contribution in [0.15, 0.2) is 24.3 Å². The fourth-order valence-corrected chi connectivity index (χ4v) is 3.13. The largest absolute Gasteiger partial charge is 0.325 e. The molecule has 1 fully saturated rings. The molecule has 0 aliphatic carbocycles. The number of carbonyl (C=O) groups excluding carboxylic acids is 1. The minimum absolute atomic E-state index is 0.106. The third kappa shape index (κ3) is 5.11. The van der Waals surface area contributed by atoms with Crippen LogP contribution in [0, 0.1) is 5.92 Å². The Morgan fingerprint density at radius 1 is 1.27 bits per heavy atom. The van der Waals surface area contributed by atoms with Crippen LogP contribution in [0.4, 0.5) is 5.69 Å². The van der Waals surface area contributed by atoms with Crippen molar-refractivity contribution in [1.82, 2.24) is 10.2 Å². The molecule has 1 aliphatic heterocycles. The number of likely N-dealkylation sites (tertiary alicyclic amines) is 1. The third-order valence-electron chi connectivity index (χ3n) is 4.55. The number of piperidine rings is 1. The summed E-state index contributed by atoms with van der Waals surface area (Å²) >= 11 is 0. The van der Waals surface area contributed by atoms with Crippen LogP contribution in [0.25, 0.3) is 0 Å². The molecule has 1 amide bonds. The van der Waals surface area contributed by atoms with Crippen LogP contribution in [-0.4, -0.2) is 44.0 Å². The molecule has 1 aliphatic rings. The van der Waals surface area contributed by atoms with E-state index in [1.807, 2.05) is 25.2 Å². The Balaban J connectivity index is 1.76. The van der Waals surface area contributed by atoms with E-state index in [1.54, 1.807) is 0 Å². The van der Waals surface area contributed by atoms with E-state index in [-0.39, 0.29) is 5.91 Å². The van der Waals surface area contributed by atoms with Crippen molar-refractivity contribution < 1.29 is 4.79 Å². The zero-order valence-corrected chi connectivity index (χ0v) is 13.9. The number of carbonyl (C=O) groups is 1. The molecule has 0 aromatic heterocycles. The van der Waals surface area contributed by atoms with E-state index in [9.17, 15) is 4.79 Å². The highest BCUT2D eigenvalue weighted by Gasteiger charge is 2.20. The predicted octanol–water partition coefficient (Wildman–Crippen LogP) is 2.51. The van der Waals surface area contributed by atoms with Gasteiger partial charge in [0.25, 0.3) is 0 Å². The summed E-state index contributed by atoms with van der Waals surface area (Å²) in [6.45, 7) is 5.80. The summed E-state index contributed by atoms with van der Waals surface area (Å²) in [5.74, 6) is 0.919. The number of amides is 1. The quantitative estimate of drug-likeness (QED) is 0.813. The van der Waals surface area contributed by atoms with Crippen molar-refractivity contribution >= 4 is 11.6 Å². The lowest BCUT2D eigenvalue weighted by Gasteiger charge is -2.31. The van der Waals surface area contributed by atoms with Gasteiger partial charge in [0, 0.05) is 5.69 Å². The van der Waals surface area contributed by atoms with Crippen molar-refractivity contribution in [1.29, 1.82) is 0 Å². The topological polar surface area (TPSA) is 44.4 Å². The van der Waals surface area contributed by atoms with Crippen molar-refractivity contribution in [2.45, 2.75) is 32.6 Å². The molecule has 0 atom stereocenters. The van der Waals surface area contributed by atoms with Gasteiger partial charge in [0.2, 0.25) is 5.91 Å². The summed E-state index contributed by atoms with van der Waals surface area (Å²) in [6.07, 6.45) is 4.61. The maximum atomic E-state index is 12.2. The van der Waals surface area contributed by atoms with Gasteiger partial charge in [-0.2, -0.15) is 0 Å². The smallest absolute Gasteiger partial charge is 0.238 e. The molecule has 2 rings (SSSR count). The molecular weight excluding hydrogens is 274 g/mol. The SMILES string of the molecule is CCc1ccccc1NC(=O)CN1CCC(CCNC)CC1. The van der Waals surface area contributed by atoms with Gasteiger partial charge < -0.3 is 10.6 Å². The number of nitrogens with one attached hydrogen (secondary N) is 2. The van der Waals surface area contributed by atoms with Gasteiger partial charge in [-0.1, -0.05) is 25.1 Å². The van der Waals surface area contributed by atoms with Crippen molar-refractivity contribution in [3.8, 4) is 0 Å². The molecular formula is C18H29N3O. The number of rotatable bonds is 7.